The molecule has 3 heteroatoms. The zero-order valence-corrected chi connectivity index (χ0v) is 11.3. The Kier molecular flexibility index (Phi) is 4.77. The van der Waals surface area contributed by atoms with E-state index < -0.39 is 0 Å². The lowest BCUT2D eigenvalue weighted by atomic mass is 9.75. The highest BCUT2D eigenvalue weighted by Crippen LogP contribution is 2.35. The molecule has 0 amide bonds. The predicted octanol–water partition coefficient (Wildman–Crippen LogP) is 1.47. The Bertz CT molecular complexity index is 208. The Hall–Kier alpha value is -0.120. The lowest BCUT2D eigenvalue weighted by Gasteiger charge is -2.48. The van der Waals surface area contributed by atoms with Crippen molar-refractivity contribution in [3.05, 3.63) is 0 Å². The first-order valence-electron chi connectivity index (χ1n) is 6.47. The van der Waals surface area contributed by atoms with Crippen LogP contribution >= 0.6 is 0 Å². The first kappa shape index (κ1) is 13.9. The Balaban J connectivity index is 2.34. The van der Waals surface area contributed by atoms with Crippen LogP contribution in [0.4, 0.5) is 0 Å². The van der Waals surface area contributed by atoms with Gasteiger partial charge < -0.3 is 15.3 Å². The molecule has 1 saturated carbocycles. The molecule has 0 saturated heterocycles. The summed E-state index contributed by atoms with van der Waals surface area (Å²) in [7, 11) is 4.35. The molecule has 96 valence electrons. The summed E-state index contributed by atoms with van der Waals surface area (Å²) in [5.74, 6) is 0. The van der Waals surface area contributed by atoms with E-state index in [2.05, 4.69) is 38.2 Å². The van der Waals surface area contributed by atoms with Gasteiger partial charge in [-0.3, -0.25) is 0 Å². The van der Waals surface area contributed by atoms with Crippen molar-refractivity contribution in [1.29, 1.82) is 0 Å². The first-order chi connectivity index (χ1) is 7.48. The molecular formula is C13H28N2O. The van der Waals surface area contributed by atoms with E-state index in [1.807, 2.05) is 0 Å². The number of hydrogen-bond donors (Lipinski definition) is 2. The van der Waals surface area contributed by atoms with Crippen molar-refractivity contribution in [2.75, 3.05) is 33.8 Å². The minimum Gasteiger partial charge on any atom is -0.396 e. The second-order valence-corrected chi connectivity index (χ2v) is 5.90. The number of likely N-dealkylation sites (N-methyl/N-ethyl adjacent to an activating group) is 1. The molecule has 0 bridgehead atoms. The maximum Gasteiger partial charge on any atom is 0.0496 e. The third kappa shape index (κ3) is 2.96. The molecule has 1 unspecified atom stereocenters. The third-order valence-electron chi connectivity index (χ3n) is 4.47. The highest BCUT2D eigenvalue weighted by molar-refractivity contribution is 4.97. The van der Waals surface area contributed by atoms with Gasteiger partial charge in [0.15, 0.2) is 0 Å². The molecule has 0 aliphatic heterocycles. The van der Waals surface area contributed by atoms with Crippen LogP contribution in [-0.2, 0) is 0 Å². The molecule has 0 radical (unpaired) electrons. The molecule has 1 rings (SSSR count). The summed E-state index contributed by atoms with van der Waals surface area (Å²) in [4.78, 5) is 2.35. The number of nitrogens with one attached hydrogen (secondary N) is 1. The van der Waals surface area contributed by atoms with Crippen LogP contribution < -0.4 is 5.32 Å². The van der Waals surface area contributed by atoms with Crippen molar-refractivity contribution in [2.45, 2.75) is 45.1 Å². The van der Waals surface area contributed by atoms with E-state index in [-0.39, 0.29) is 12.0 Å². The van der Waals surface area contributed by atoms with Gasteiger partial charge in [0.05, 0.1) is 0 Å². The molecule has 1 aliphatic carbocycles. The molecule has 1 fully saturated rings. The fourth-order valence-electron chi connectivity index (χ4n) is 2.26. The second-order valence-electron chi connectivity index (χ2n) is 5.90. The van der Waals surface area contributed by atoms with Gasteiger partial charge in [-0.25, -0.2) is 0 Å². The summed E-state index contributed by atoms with van der Waals surface area (Å²) < 4.78 is 0. The van der Waals surface area contributed by atoms with Gasteiger partial charge in [-0.15, -0.1) is 0 Å². The predicted molar refractivity (Wildman–Crippen MR) is 68.6 cm³/mol. The average molecular weight is 228 g/mol. The normalized spacial score (nSPS) is 22.9. The van der Waals surface area contributed by atoms with E-state index in [1.54, 1.807) is 0 Å². The minimum atomic E-state index is 0.0389. The van der Waals surface area contributed by atoms with Gasteiger partial charge in [-0.05, 0) is 39.8 Å². The number of hydrogen-bond acceptors (Lipinski definition) is 3. The van der Waals surface area contributed by atoms with Crippen molar-refractivity contribution in [3.63, 3.8) is 0 Å². The highest BCUT2D eigenvalue weighted by atomic mass is 16.3. The smallest absolute Gasteiger partial charge is 0.0496 e. The number of rotatable bonds is 7. The van der Waals surface area contributed by atoms with Crippen molar-refractivity contribution < 1.29 is 5.11 Å². The number of aliphatic hydroxyl groups excluding tert-OH is 1. The third-order valence-corrected chi connectivity index (χ3v) is 4.47. The summed E-state index contributed by atoms with van der Waals surface area (Å²) in [6.45, 7) is 6.52. The fraction of sp³-hybridized carbons (Fsp3) is 1.00. The Morgan fingerprint density at radius 3 is 2.31 bits per heavy atom. The van der Waals surface area contributed by atoms with E-state index in [1.165, 1.54) is 19.3 Å². The zero-order chi connectivity index (χ0) is 12.2. The molecule has 0 aromatic carbocycles. The van der Waals surface area contributed by atoms with E-state index in [0.29, 0.717) is 5.54 Å². The van der Waals surface area contributed by atoms with Gasteiger partial charge in [0, 0.05) is 30.7 Å². The summed E-state index contributed by atoms with van der Waals surface area (Å²) >= 11 is 0. The maximum atomic E-state index is 9.34. The van der Waals surface area contributed by atoms with Crippen molar-refractivity contribution >= 4 is 0 Å². The lowest BCUT2D eigenvalue weighted by Crippen LogP contribution is -2.57. The molecule has 1 atom stereocenters. The highest BCUT2D eigenvalue weighted by Gasteiger charge is 2.38. The van der Waals surface area contributed by atoms with Crippen molar-refractivity contribution in [3.8, 4) is 0 Å². The Morgan fingerprint density at radius 2 is 2.00 bits per heavy atom. The lowest BCUT2D eigenvalue weighted by molar-refractivity contribution is 0.0529. The van der Waals surface area contributed by atoms with Crippen LogP contribution in [-0.4, -0.2) is 49.3 Å². The summed E-state index contributed by atoms with van der Waals surface area (Å²) in [6.07, 6.45) is 4.97. The van der Waals surface area contributed by atoms with E-state index >= 15 is 0 Å². The molecule has 0 heterocycles. The van der Waals surface area contributed by atoms with Crippen LogP contribution in [0.2, 0.25) is 0 Å². The summed E-state index contributed by atoms with van der Waals surface area (Å²) in [5.41, 5.74) is 0.418. The average Bonchev–Trinajstić information content (AvgIpc) is 2.21. The number of nitrogens with zero attached hydrogens (tertiary/aromatic N) is 1. The number of aliphatic hydroxyl groups is 1. The maximum absolute atomic E-state index is 9.34. The summed E-state index contributed by atoms with van der Waals surface area (Å²) in [5, 5.41) is 12.9. The standard InChI is InChI=1S/C13H28N2O/c1-5-12(2,11-16)9-14-10-13(15(3)4)7-6-8-13/h14,16H,5-11H2,1-4H3. The molecule has 0 aromatic rings. The van der Waals surface area contributed by atoms with Crippen molar-refractivity contribution in [1.82, 2.24) is 10.2 Å². The van der Waals surface area contributed by atoms with Crippen molar-refractivity contribution in [2.24, 2.45) is 5.41 Å². The second kappa shape index (κ2) is 5.48. The molecule has 2 N–H and O–H groups in total. The molecule has 0 aromatic heterocycles. The molecule has 16 heavy (non-hydrogen) atoms. The van der Waals surface area contributed by atoms with Gasteiger partial charge >= 0.3 is 0 Å². The monoisotopic (exact) mass is 228 g/mol. The van der Waals surface area contributed by atoms with Gasteiger partial charge in [0.25, 0.3) is 0 Å². The quantitative estimate of drug-likeness (QED) is 0.692. The van der Waals surface area contributed by atoms with Crippen LogP contribution in [0.25, 0.3) is 0 Å². The summed E-state index contributed by atoms with van der Waals surface area (Å²) in [6, 6.07) is 0. The Labute approximate surface area is 100 Å². The van der Waals surface area contributed by atoms with E-state index in [4.69, 9.17) is 0 Å². The Morgan fingerprint density at radius 1 is 1.38 bits per heavy atom. The van der Waals surface area contributed by atoms with Gasteiger partial charge in [0.1, 0.15) is 0 Å². The fourth-order valence-corrected chi connectivity index (χ4v) is 2.26. The molecule has 3 nitrogen and oxygen atoms in total. The van der Waals surface area contributed by atoms with Gasteiger partial charge in [-0.2, -0.15) is 0 Å². The topological polar surface area (TPSA) is 35.5 Å². The molecule has 0 spiro atoms. The van der Waals surface area contributed by atoms with Gasteiger partial charge in [0.2, 0.25) is 0 Å². The minimum absolute atomic E-state index is 0.0389. The SMILES string of the molecule is CCC(C)(CO)CNCC1(N(C)C)CCC1. The van der Waals surface area contributed by atoms with Crippen LogP contribution in [0.5, 0.6) is 0 Å². The molecular weight excluding hydrogens is 200 g/mol. The first-order valence-corrected chi connectivity index (χ1v) is 6.47. The van der Waals surface area contributed by atoms with E-state index in [0.717, 1.165) is 19.5 Å². The van der Waals surface area contributed by atoms with Crippen LogP contribution in [0.3, 0.4) is 0 Å². The zero-order valence-electron chi connectivity index (χ0n) is 11.3. The molecule has 1 aliphatic rings. The van der Waals surface area contributed by atoms with Crippen LogP contribution in [0, 0.1) is 5.41 Å². The van der Waals surface area contributed by atoms with Crippen LogP contribution in [0.15, 0.2) is 0 Å². The van der Waals surface area contributed by atoms with Crippen LogP contribution in [0.1, 0.15) is 39.5 Å². The van der Waals surface area contributed by atoms with Gasteiger partial charge in [-0.1, -0.05) is 13.8 Å². The largest absolute Gasteiger partial charge is 0.396 e. The van der Waals surface area contributed by atoms with E-state index in [9.17, 15) is 5.11 Å².